The SMILES string of the molecule is NNC(=O)c1ccc(CSc2ncccn2)nc1. The van der Waals surface area contributed by atoms with E-state index in [4.69, 9.17) is 5.84 Å². The zero-order valence-corrected chi connectivity index (χ0v) is 10.2. The van der Waals surface area contributed by atoms with Crippen LogP contribution in [0.4, 0.5) is 0 Å². The van der Waals surface area contributed by atoms with Crippen LogP contribution in [0.2, 0.25) is 0 Å². The molecule has 0 saturated heterocycles. The van der Waals surface area contributed by atoms with Crippen molar-refractivity contribution < 1.29 is 4.79 Å². The first kappa shape index (κ1) is 12.5. The van der Waals surface area contributed by atoms with Gasteiger partial charge < -0.3 is 0 Å². The molecule has 0 bridgehead atoms. The number of hydrazine groups is 1. The topological polar surface area (TPSA) is 93.8 Å². The zero-order valence-electron chi connectivity index (χ0n) is 9.41. The van der Waals surface area contributed by atoms with E-state index in [0.717, 1.165) is 5.69 Å². The summed E-state index contributed by atoms with van der Waals surface area (Å²) < 4.78 is 0. The summed E-state index contributed by atoms with van der Waals surface area (Å²) in [6.45, 7) is 0. The van der Waals surface area contributed by atoms with Crippen molar-refractivity contribution in [2.24, 2.45) is 5.84 Å². The second-order valence-corrected chi connectivity index (χ2v) is 4.27. The van der Waals surface area contributed by atoms with Crippen molar-refractivity contribution >= 4 is 17.7 Å². The average Bonchev–Trinajstić information content (AvgIpc) is 2.46. The van der Waals surface area contributed by atoms with Gasteiger partial charge in [0.1, 0.15) is 0 Å². The van der Waals surface area contributed by atoms with Crippen molar-refractivity contribution in [1.29, 1.82) is 0 Å². The minimum Gasteiger partial charge on any atom is -0.290 e. The maximum atomic E-state index is 11.2. The summed E-state index contributed by atoms with van der Waals surface area (Å²) >= 11 is 1.48. The number of carbonyl (C=O) groups excluding carboxylic acids is 1. The number of amides is 1. The Kier molecular flexibility index (Phi) is 4.21. The molecule has 2 aromatic rings. The predicted octanol–water partition coefficient (Wildman–Crippen LogP) is 0.767. The fourth-order valence-corrected chi connectivity index (χ4v) is 1.94. The molecule has 2 aromatic heterocycles. The highest BCUT2D eigenvalue weighted by molar-refractivity contribution is 7.98. The molecular formula is C11H11N5OS. The van der Waals surface area contributed by atoms with Gasteiger partial charge >= 0.3 is 0 Å². The van der Waals surface area contributed by atoms with E-state index >= 15 is 0 Å². The normalized spacial score (nSPS) is 10.1. The lowest BCUT2D eigenvalue weighted by Crippen LogP contribution is -2.30. The van der Waals surface area contributed by atoms with Crippen LogP contribution in [0.15, 0.2) is 41.9 Å². The standard InChI is InChI=1S/C11H11N5OS/c12-16-10(17)8-2-3-9(15-6-8)7-18-11-13-4-1-5-14-11/h1-6H,7,12H2,(H,16,17). The largest absolute Gasteiger partial charge is 0.290 e. The third-order valence-corrected chi connectivity index (χ3v) is 3.02. The van der Waals surface area contributed by atoms with Gasteiger partial charge in [-0.3, -0.25) is 15.2 Å². The molecule has 0 aliphatic heterocycles. The number of hydrogen-bond acceptors (Lipinski definition) is 6. The molecule has 0 fully saturated rings. The van der Waals surface area contributed by atoms with E-state index in [9.17, 15) is 4.79 Å². The number of nitrogens with zero attached hydrogens (tertiary/aromatic N) is 3. The van der Waals surface area contributed by atoms with E-state index in [1.165, 1.54) is 18.0 Å². The number of rotatable bonds is 4. The molecular weight excluding hydrogens is 250 g/mol. The van der Waals surface area contributed by atoms with E-state index in [2.05, 4.69) is 20.4 Å². The lowest BCUT2D eigenvalue weighted by molar-refractivity contribution is 0.0953. The number of hydrogen-bond donors (Lipinski definition) is 2. The summed E-state index contributed by atoms with van der Waals surface area (Å²) in [4.78, 5) is 23.6. The van der Waals surface area contributed by atoms with Gasteiger partial charge in [-0.15, -0.1) is 0 Å². The summed E-state index contributed by atoms with van der Waals surface area (Å²) in [5.74, 6) is 5.32. The number of aromatic nitrogens is 3. The number of pyridine rings is 1. The van der Waals surface area contributed by atoms with E-state index in [-0.39, 0.29) is 5.91 Å². The third kappa shape index (κ3) is 3.25. The maximum absolute atomic E-state index is 11.2. The van der Waals surface area contributed by atoms with Gasteiger partial charge in [0.2, 0.25) is 0 Å². The lowest BCUT2D eigenvalue weighted by atomic mass is 10.2. The molecule has 0 saturated carbocycles. The first-order chi connectivity index (χ1) is 8.79. The smallest absolute Gasteiger partial charge is 0.266 e. The van der Waals surface area contributed by atoms with Crippen LogP contribution in [0, 0.1) is 0 Å². The molecule has 92 valence electrons. The van der Waals surface area contributed by atoms with Gasteiger partial charge in [0.05, 0.1) is 11.3 Å². The molecule has 1 amide bonds. The van der Waals surface area contributed by atoms with Crippen LogP contribution in [0.3, 0.4) is 0 Å². The highest BCUT2D eigenvalue weighted by Gasteiger charge is 2.04. The lowest BCUT2D eigenvalue weighted by Gasteiger charge is -2.02. The highest BCUT2D eigenvalue weighted by Crippen LogP contribution is 2.16. The maximum Gasteiger partial charge on any atom is 0.266 e. The Labute approximate surface area is 108 Å². The van der Waals surface area contributed by atoms with E-state index in [0.29, 0.717) is 16.5 Å². The summed E-state index contributed by atoms with van der Waals surface area (Å²) in [7, 11) is 0. The molecule has 0 spiro atoms. The molecule has 0 aromatic carbocycles. The molecule has 2 heterocycles. The average molecular weight is 261 g/mol. The Bertz CT molecular complexity index is 517. The van der Waals surface area contributed by atoms with Crippen molar-refractivity contribution in [1.82, 2.24) is 20.4 Å². The molecule has 0 atom stereocenters. The quantitative estimate of drug-likeness (QED) is 0.277. The Morgan fingerprint density at radius 3 is 2.67 bits per heavy atom. The zero-order chi connectivity index (χ0) is 12.8. The molecule has 0 aliphatic rings. The van der Waals surface area contributed by atoms with Gasteiger partial charge in [0, 0.05) is 24.3 Å². The summed E-state index contributed by atoms with van der Waals surface area (Å²) in [6.07, 6.45) is 4.87. The summed E-state index contributed by atoms with van der Waals surface area (Å²) in [5.41, 5.74) is 3.34. The first-order valence-electron chi connectivity index (χ1n) is 5.15. The van der Waals surface area contributed by atoms with Gasteiger partial charge in [0.15, 0.2) is 5.16 Å². The molecule has 7 heteroatoms. The monoisotopic (exact) mass is 261 g/mol. The number of carbonyl (C=O) groups is 1. The van der Waals surface area contributed by atoms with Gasteiger partial charge in [0.25, 0.3) is 5.91 Å². The van der Waals surface area contributed by atoms with Crippen LogP contribution in [-0.2, 0) is 5.75 Å². The van der Waals surface area contributed by atoms with Crippen LogP contribution >= 0.6 is 11.8 Å². The van der Waals surface area contributed by atoms with Gasteiger partial charge in [-0.25, -0.2) is 15.8 Å². The molecule has 0 unspecified atom stereocenters. The molecule has 6 nitrogen and oxygen atoms in total. The Morgan fingerprint density at radius 1 is 1.28 bits per heavy atom. The van der Waals surface area contributed by atoms with E-state index in [1.54, 1.807) is 30.6 Å². The molecule has 3 N–H and O–H groups in total. The van der Waals surface area contributed by atoms with Crippen molar-refractivity contribution in [2.45, 2.75) is 10.9 Å². The van der Waals surface area contributed by atoms with Crippen LogP contribution in [0.1, 0.15) is 16.1 Å². The Hall–Kier alpha value is -1.99. The number of thioether (sulfide) groups is 1. The Balaban J connectivity index is 1.97. The minimum atomic E-state index is -0.354. The van der Waals surface area contributed by atoms with Crippen molar-refractivity contribution in [3.63, 3.8) is 0 Å². The fourth-order valence-electron chi connectivity index (χ4n) is 1.23. The Morgan fingerprint density at radius 2 is 2.06 bits per heavy atom. The van der Waals surface area contributed by atoms with E-state index < -0.39 is 0 Å². The number of nitrogens with two attached hydrogens (primary N) is 1. The number of nitrogen functional groups attached to an aromatic ring is 1. The van der Waals surface area contributed by atoms with Crippen LogP contribution in [0.5, 0.6) is 0 Å². The van der Waals surface area contributed by atoms with Crippen molar-refractivity contribution in [3.05, 3.63) is 48.0 Å². The second kappa shape index (κ2) is 6.08. The van der Waals surface area contributed by atoms with E-state index in [1.807, 2.05) is 0 Å². The van der Waals surface area contributed by atoms with Gasteiger partial charge in [-0.1, -0.05) is 11.8 Å². The molecule has 0 aliphatic carbocycles. The first-order valence-corrected chi connectivity index (χ1v) is 6.14. The second-order valence-electron chi connectivity index (χ2n) is 3.33. The van der Waals surface area contributed by atoms with Crippen LogP contribution in [0.25, 0.3) is 0 Å². The molecule has 0 radical (unpaired) electrons. The predicted molar refractivity (Wildman–Crippen MR) is 67.5 cm³/mol. The highest BCUT2D eigenvalue weighted by atomic mass is 32.2. The van der Waals surface area contributed by atoms with Crippen LogP contribution in [-0.4, -0.2) is 20.9 Å². The summed E-state index contributed by atoms with van der Waals surface area (Å²) in [5, 5.41) is 0.697. The minimum absolute atomic E-state index is 0.354. The van der Waals surface area contributed by atoms with Crippen LogP contribution < -0.4 is 11.3 Å². The van der Waals surface area contributed by atoms with Crippen molar-refractivity contribution in [2.75, 3.05) is 0 Å². The molecule has 2 rings (SSSR count). The number of nitrogens with one attached hydrogen (secondary N) is 1. The fraction of sp³-hybridized carbons (Fsp3) is 0.0909. The third-order valence-electron chi connectivity index (χ3n) is 2.11. The molecule has 18 heavy (non-hydrogen) atoms. The van der Waals surface area contributed by atoms with Gasteiger partial charge in [-0.2, -0.15) is 0 Å². The van der Waals surface area contributed by atoms with Crippen molar-refractivity contribution in [3.8, 4) is 0 Å². The van der Waals surface area contributed by atoms with Gasteiger partial charge in [-0.05, 0) is 18.2 Å². The summed E-state index contributed by atoms with van der Waals surface area (Å²) in [6, 6.07) is 5.22.